The van der Waals surface area contributed by atoms with Crippen molar-refractivity contribution < 1.29 is 4.79 Å². The van der Waals surface area contributed by atoms with Gasteiger partial charge in [-0.05, 0) is 70.0 Å². The number of rotatable bonds is 7. The number of unbranched alkanes of at least 4 members (excludes halogenated alkanes) is 1. The van der Waals surface area contributed by atoms with Gasteiger partial charge in [-0.3, -0.25) is 4.79 Å². The van der Waals surface area contributed by atoms with Gasteiger partial charge < -0.3 is 10.2 Å². The minimum atomic E-state index is -0.128. The van der Waals surface area contributed by atoms with Crippen LogP contribution in [-0.4, -0.2) is 46.3 Å². The summed E-state index contributed by atoms with van der Waals surface area (Å²) >= 11 is 6.00. The highest BCUT2D eigenvalue weighted by Gasteiger charge is 2.17. The Balaban J connectivity index is 1.41. The normalized spacial score (nSPS) is 18.0. The molecule has 6 heteroatoms. The quantitative estimate of drug-likeness (QED) is 0.747. The monoisotopic (exact) mass is 374 g/mol. The maximum atomic E-state index is 12.2. The molecule has 5 nitrogen and oxygen atoms in total. The number of aromatic nitrogens is 2. The third-order valence-corrected chi connectivity index (χ3v) is 5.23. The molecule has 1 fully saturated rings. The summed E-state index contributed by atoms with van der Waals surface area (Å²) in [5, 5.41) is 7.95. The van der Waals surface area contributed by atoms with Crippen molar-refractivity contribution >= 4 is 17.5 Å². The first-order valence-electron chi connectivity index (χ1n) is 9.47. The van der Waals surface area contributed by atoms with E-state index in [-0.39, 0.29) is 5.91 Å². The summed E-state index contributed by atoms with van der Waals surface area (Å²) in [6.07, 6.45) is 7.86. The average molecular weight is 375 g/mol. The Morgan fingerprint density at radius 2 is 2.19 bits per heavy atom. The highest BCUT2D eigenvalue weighted by Crippen LogP contribution is 2.17. The van der Waals surface area contributed by atoms with Crippen molar-refractivity contribution in [1.29, 1.82) is 0 Å². The van der Waals surface area contributed by atoms with Crippen LogP contribution >= 0.6 is 11.6 Å². The van der Waals surface area contributed by atoms with E-state index in [1.807, 2.05) is 24.3 Å². The van der Waals surface area contributed by atoms with Crippen molar-refractivity contribution in [2.75, 3.05) is 19.6 Å². The fourth-order valence-corrected chi connectivity index (χ4v) is 3.61. The standard InChI is InChI=1S/C20H27ClN4O/c1-16-7-2-4-12-24(16)13-5-3-11-22-20(26)19-10-14-25(23-19)18-9-6-8-17(21)15-18/h6,8-10,14-16H,2-5,7,11-13H2,1H3,(H,22,26). The van der Waals surface area contributed by atoms with Crippen molar-refractivity contribution in [1.82, 2.24) is 20.0 Å². The SMILES string of the molecule is CC1CCCCN1CCCCNC(=O)c1ccn(-c2cccc(Cl)c2)n1. The van der Waals surface area contributed by atoms with Gasteiger partial charge in [-0.15, -0.1) is 0 Å². The number of likely N-dealkylation sites (tertiary alicyclic amines) is 1. The van der Waals surface area contributed by atoms with E-state index in [4.69, 9.17) is 11.6 Å². The zero-order valence-corrected chi connectivity index (χ0v) is 16.1. The first-order valence-corrected chi connectivity index (χ1v) is 9.85. The zero-order chi connectivity index (χ0) is 18.4. The molecule has 3 rings (SSSR count). The van der Waals surface area contributed by atoms with E-state index in [0.717, 1.165) is 25.1 Å². The van der Waals surface area contributed by atoms with Crippen LogP contribution in [0.15, 0.2) is 36.5 Å². The van der Waals surface area contributed by atoms with E-state index >= 15 is 0 Å². The lowest BCUT2D eigenvalue weighted by Gasteiger charge is -2.33. The van der Waals surface area contributed by atoms with Gasteiger partial charge in [-0.25, -0.2) is 4.68 Å². The molecule has 1 aliphatic rings. The van der Waals surface area contributed by atoms with Gasteiger partial charge in [0.1, 0.15) is 0 Å². The smallest absolute Gasteiger partial charge is 0.271 e. The first kappa shape index (κ1) is 18.9. The highest BCUT2D eigenvalue weighted by molar-refractivity contribution is 6.30. The van der Waals surface area contributed by atoms with Gasteiger partial charge in [0, 0.05) is 23.8 Å². The number of hydrogen-bond acceptors (Lipinski definition) is 3. The van der Waals surface area contributed by atoms with Gasteiger partial charge >= 0.3 is 0 Å². The van der Waals surface area contributed by atoms with Gasteiger partial charge in [0.25, 0.3) is 5.91 Å². The van der Waals surface area contributed by atoms with Crippen LogP contribution in [0, 0.1) is 0 Å². The number of benzene rings is 1. The van der Waals surface area contributed by atoms with E-state index < -0.39 is 0 Å². The molecular weight excluding hydrogens is 348 g/mol. The van der Waals surface area contributed by atoms with Gasteiger partial charge in [-0.1, -0.05) is 24.1 Å². The number of amides is 1. The molecule has 1 N–H and O–H groups in total. The Morgan fingerprint density at radius 1 is 1.31 bits per heavy atom. The second-order valence-corrected chi connectivity index (χ2v) is 7.41. The maximum absolute atomic E-state index is 12.2. The molecule has 1 aliphatic heterocycles. The van der Waals surface area contributed by atoms with Crippen molar-refractivity contribution in [3.63, 3.8) is 0 Å². The van der Waals surface area contributed by atoms with Crippen LogP contribution in [0.4, 0.5) is 0 Å². The van der Waals surface area contributed by atoms with Crippen LogP contribution in [0.2, 0.25) is 5.02 Å². The summed E-state index contributed by atoms with van der Waals surface area (Å²) in [7, 11) is 0. The summed E-state index contributed by atoms with van der Waals surface area (Å²) < 4.78 is 1.67. The first-order chi connectivity index (χ1) is 12.6. The number of piperidine rings is 1. The summed E-state index contributed by atoms with van der Waals surface area (Å²) in [5.41, 5.74) is 1.27. The van der Waals surface area contributed by atoms with Gasteiger partial charge in [0.2, 0.25) is 0 Å². The van der Waals surface area contributed by atoms with Crippen LogP contribution in [0.5, 0.6) is 0 Å². The molecule has 1 unspecified atom stereocenters. The maximum Gasteiger partial charge on any atom is 0.271 e. The highest BCUT2D eigenvalue weighted by atomic mass is 35.5. The molecule has 0 aliphatic carbocycles. The van der Waals surface area contributed by atoms with Gasteiger partial charge in [0.15, 0.2) is 5.69 Å². The molecule has 0 radical (unpaired) electrons. The number of nitrogens with one attached hydrogen (secondary N) is 1. The third-order valence-electron chi connectivity index (χ3n) is 4.99. The average Bonchev–Trinajstić information content (AvgIpc) is 3.13. The molecule has 2 heterocycles. The summed E-state index contributed by atoms with van der Waals surface area (Å²) in [5.74, 6) is -0.128. The van der Waals surface area contributed by atoms with E-state index in [1.54, 1.807) is 16.9 Å². The third kappa shape index (κ3) is 5.08. The Bertz CT molecular complexity index is 730. The number of halogens is 1. The topological polar surface area (TPSA) is 50.2 Å². The molecule has 0 spiro atoms. The van der Waals surface area contributed by atoms with E-state index in [2.05, 4.69) is 22.2 Å². The van der Waals surface area contributed by atoms with Crippen LogP contribution in [-0.2, 0) is 0 Å². The number of carbonyl (C=O) groups excluding carboxylic acids is 1. The van der Waals surface area contributed by atoms with Crippen molar-refractivity contribution in [2.24, 2.45) is 0 Å². The number of carbonyl (C=O) groups is 1. The summed E-state index contributed by atoms with van der Waals surface area (Å²) in [4.78, 5) is 14.8. The lowest BCUT2D eigenvalue weighted by molar-refractivity contribution is 0.0946. The molecule has 0 bridgehead atoms. The summed E-state index contributed by atoms with van der Waals surface area (Å²) in [6.45, 7) is 5.34. The predicted octanol–water partition coefficient (Wildman–Crippen LogP) is 3.91. The molecule has 2 aromatic rings. The minimum absolute atomic E-state index is 0.128. The minimum Gasteiger partial charge on any atom is -0.351 e. The fraction of sp³-hybridized carbons (Fsp3) is 0.500. The Morgan fingerprint density at radius 3 is 3.00 bits per heavy atom. The molecule has 26 heavy (non-hydrogen) atoms. The molecular formula is C20H27ClN4O. The molecule has 0 saturated carbocycles. The van der Waals surface area contributed by atoms with Crippen molar-refractivity contribution in [2.45, 2.75) is 45.1 Å². The molecule has 140 valence electrons. The Labute approximate surface area is 160 Å². The number of hydrogen-bond donors (Lipinski definition) is 1. The van der Waals surface area contributed by atoms with E-state index in [1.165, 1.54) is 25.8 Å². The zero-order valence-electron chi connectivity index (χ0n) is 15.3. The molecule has 1 atom stereocenters. The van der Waals surface area contributed by atoms with Crippen LogP contribution in [0.25, 0.3) is 5.69 Å². The second kappa shape index (κ2) is 9.19. The van der Waals surface area contributed by atoms with E-state index in [9.17, 15) is 4.79 Å². The second-order valence-electron chi connectivity index (χ2n) is 6.97. The Hall–Kier alpha value is -1.85. The summed E-state index contributed by atoms with van der Waals surface area (Å²) in [6, 6.07) is 9.83. The number of nitrogens with zero attached hydrogens (tertiary/aromatic N) is 3. The van der Waals surface area contributed by atoms with E-state index in [0.29, 0.717) is 23.3 Å². The van der Waals surface area contributed by atoms with Crippen LogP contribution in [0.3, 0.4) is 0 Å². The van der Waals surface area contributed by atoms with Crippen LogP contribution < -0.4 is 5.32 Å². The predicted molar refractivity (Wildman–Crippen MR) is 105 cm³/mol. The Kier molecular flexibility index (Phi) is 6.69. The largest absolute Gasteiger partial charge is 0.351 e. The fourth-order valence-electron chi connectivity index (χ4n) is 3.43. The molecule has 1 saturated heterocycles. The lowest BCUT2D eigenvalue weighted by Crippen LogP contribution is -2.38. The van der Waals surface area contributed by atoms with Gasteiger partial charge in [0.05, 0.1) is 5.69 Å². The molecule has 1 aromatic heterocycles. The van der Waals surface area contributed by atoms with Crippen molar-refractivity contribution in [3.05, 3.63) is 47.2 Å². The van der Waals surface area contributed by atoms with Gasteiger partial charge in [-0.2, -0.15) is 5.10 Å². The molecule has 1 amide bonds. The lowest BCUT2D eigenvalue weighted by atomic mass is 10.0. The van der Waals surface area contributed by atoms with Crippen molar-refractivity contribution in [3.8, 4) is 5.69 Å². The van der Waals surface area contributed by atoms with Crippen LogP contribution in [0.1, 0.15) is 49.5 Å². The molecule has 1 aromatic carbocycles.